The first-order valence-corrected chi connectivity index (χ1v) is 11.6. The van der Waals surface area contributed by atoms with Gasteiger partial charge in [0.2, 0.25) is 0 Å². The zero-order chi connectivity index (χ0) is 23.7. The number of hydrogen-bond donors (Lipinski definition) is 1. The Morgan fingerprint density at radius 2 is 1.61 bits per heavy atom. The fourth-order valence-corrected chi connectivity index (χ4v) is 4.39. The summed E-state index contributed by atoms with van der Waals surface area (Å²) in [5.74, 6) is 0.716. The predicted molar refractivity (Wildman–Crippen MR) is 127 cm³/mol. The summed E-state index contributed by atoms with van der Waals surface area (Å²) in [6.45, 7) is 1.89. The van der Waals surface area contributed by atoms with Crippen molar-refractivity contribution in [2.45, 2.75) is 11.8 Å². The van der Waals surface area contributed by atoms with E-state index in [0.717, 1.165) is 9.87 Å². The molecule has 0 fully saturated rings. The van der Waals surface area contributed by atoms with E-state index in [-0.39, 0.29) is 4.90 Å². The van der Waals surface area contributed by atoms with Gasteiger partial charge in [0.15, 0.2) is 0 Å². The highest BCUT2D eigenvalue weighted by atomic mass is 32.2. The van der Waals surface area contributed by atoms with Gasteiger partial charge in [-0.3, -0.25) is 9.10 Å². The second-order valence-corrected chi connectivity index (χ2v) is 8.68. The molecule has 0 aliphatic heterocycles. The first kappa shape index (κ1) is 23.8. The highest BCUT2D eigenvalue weighted by molar-refractivity contribution is 7.92. The molecule has 3 aromatic rings. The Balaban J connectivity index is 1.79. The Labute approximate surface area is 193 Å². The molecule has 0 aliphatic rings. The minimum absolute atomic E-state index is 0.0772. The SMILES string of the molecule is CCOc1ccc(N(CC(=O)N/N=C\c2ccc(OC)cc2)S(=O)(=O)c2ccccc2)cc1. The van der Waals surface area contributed by atoms with Crippen LogP contribution in [0.15, 0.2) is 88.9 Å². The number of hydrogen-bond acceptors (Lipinski definition) is 6. The van der Waals surface area contributed by atoms with E-state index in [9.17, 15) is 13.2 Å². The second-order valence-electron chi connectivity index (χ2n) is 6.82. The van der Waals surface area contributed by atoms with Crippen LogP contribution in [-0.4, -0.2) is 40.8 Å². The van der Waals surface area contributed by atoms with Crippen molar-refractivity contribution < 1.29 is 22.7 Å². The third-order valence-electron chi connectivity index (χ3n) is 4.57. The number of ether oxygens (including phenoxy) is 2. The number of nitrogens with zero attached hydrogens (tertiary/aromatic N) is 2. The number of amides is 1. The van der Waals surface area contributed by atoms with Gasteiger partial charge >= 0.3 is 0 Å². The van der Waals surface area contributed by atoms with Gasteiger partial charge in [-0.15, -0.1) is 0 Å². The quantitative estimate of drug-likeness (QED) is 0.364. The largest absolute Gasteiger partial charge is 0.497 e. The lowest BCUT2D eigenvalue weighted by molar-refractivity contribution is -0.119. The van der Waals surface area contributed by atoms with Gasteiger partial charge in [-0.2, -0.15) is 5.10 Å². The summed E-state index contributed by atoms with van der Waals surface area (Å²) in [7, 11) is -2.42. The van der Waals surface area contributed by atoms with Gasteiger partial charge in [0.1, 0.15) is 18.0 Å². The van der Waals surface area contributed by atoms with Gasteiger partial charge in [0, 0.05) is 0 Å². The number of methoxy groups -OCH3 is 1. The summed E-state index contributed by atoms with van der Waals surface area (Å²) in [6, 6.07) is 21.5. The van der Waals surface area contributed by atoms with E-state index in [1.165, 1.54) is 18.3 Å². The summed E-state index contributed by atoms with van der Waals surface area (Å²) in [6.07, 6.45) is 1.46. The maximum absolute atomic E-state index is 13.3. The number of sulfonamides is 1. The maximum atomic E-state index is 13.3. The van der Waals surface area contributed by atoms with Crippen LogP contribution in [0, 0.1) is 0 Å². The van der Waals surface area contributed by atoms with Crippen molar-refractivity contribution in [1.82, 2.24) is 5.43 Å². The molecule has 0 saturated heterocycles. The van der Waals surface area contributed by atoms with Gasteiger partial charge in [-0.25, -0.2) is 13.8 Å². The van der Waals surface area contributed by atoms with E-state index < -0.39 is 22.5 Å². The zero-order valence-electron chi connectivity index (χ0n) is 18.3. The summed E-state index contributed by atoms with van der Waals surface area (Å²) >= 11 is 0. The Morgan fingerprint density at radius 1 is 0.970 bits per heavy atom. The number of nitrogens with one attached hydrogen (secondary N) is 1. The standard InChI is InChI=1S/C24H25N3O5S/c1-3-32-22-15-11-20(12-16-22)27(33(29,30)23-7-5-4-6-8-23)18-24(28)26-25-17-19-9-13-21(31-2)14-10-19/h4-17H,3,18H2,1-2H3,(H,26,28)/b25-17-. The lowest BCUT2D eigenvalue weighted by Gasteiger charge is -2.24. The predicted octanol–water partition coefficient (Wildman–Crippen LogP) is 3.44. The number of hydrazone groups is 1. The molecule has 8 nitrogen and oxygen atoms in total. The number of anilines is 1. The maximum Gasteiger partial charge on any atom is 0.264 e. The molecule has 9 heteroatoms. The van der Waals surface area contributed by atoms with Gasteiger partial charge < -0.3 is 9.47 Å². The van der Waals surface area contributed by atoms with Crippen LogP contribution in [0.3, 0.4) is 0 Å². The Bertz CT molecular complexity index is 1180. The number of rotatable bonds is 10. The van der Waals surface area contributed by atoms with Crippen LogP contribution in [0.2, 0.25) is 0 Å². The van der Waals surface area contributed by atoms with Crippen molar-refractivity contribution in [3.8, 4) is 11.5 Å². The first-order chi connectivity index (χ1) is 15.9. The second kappa shape index (κ2) is 11.1. The van der Waals surface area contributed by atoms with Crippen molar-refractivity contribution in [3.05, 3.63) is 84.4 Å². The number of benzene rings is 3. The molecule has 0 aromatic heterocycles. The average Bonchev–Trinajstić information content (AvgIpc) is 2.84. The summed E-state index contributed by atoms with van der Waals surface area (Å²) in [5.41, 5.74) is 3.46. The van der Waals surface area contributed by atoms with Gasteiger partial charge in [-0.05, 0) is 73.2 Å². The molecule has 33 heavy (non-hydrogen) atoms. The third-order valence-corrected chi connectivity index (χ3v) is 6.36. The highest BCUT2D eigenvalue weighted by Gasteiger charge is 2.27. The van der Waals surface area contributed by atoms with Crippen molar-refractivity contribution in [2.24, 2.45) is 5.10 Å². The van der Waals surface area contributed by atoms with Crippen molar-refractivity contribution in [2.75, 3.05) is 24.6 Å². The molecule has 0 spiro atoms. The highest BCUT2D eigenvalue weighted by Crippen LogP contribution is 2.25. The average molecular weight is 468 g/mol. The Kier molecular flexibility index (Phi) is 8.04. The van der Waals surface area contributed by atoms with E-state index in [2.05, 4.69) is 10.5 Å². The zero-order valence-corrected chi connectivity index (χ0v) is 19.2. The van der Waals surface area contributed by atoms with Crippen molar-refractivity contribution in [1.29, 1.82) is 0 Å². The normalized spacial score (nSPS) is 11.2. The molecule has 172 valence electrons. The Hall–Kier alpha value is -3.85. The number of carbonyl (C=O) groups is 1. The monoisotopic (exact) mass is 467 g/mol. The molecule has 0 atom stereocenters. The van der Waals surface area contributed by atoms with E-state index in [0.29, 0.717) is 23.8 Å². The van der Waals surface area contributed by atoms with Crippen molar-refractivity contribution >= 4 is 27.8 Å². The molecule has 1 amide bonds. The smallest absolute Gasteiger partial charge is 0.264 e. The van der Waals surface area contributed by atoms with Crippen molar-refractivity contribution in [3.63, 3.8) is 0 Å². The first-order valence-electron chi connectivity index (χ1n) is 10.2. The summed E-state index contributed by atoms with van der Waals surface area (Å²) in [5, 5.41) is 3.93. The van der Waals surface area contributed by atoms with E-state index in [4.69, 9.17) is 9.47 Å². The lowest BCUT2D eigenvalue weighted by Crippen LogP contribution is -2.39. The minimum Gasteiger partial charge on any atom is -0.497 e. The minimum atomic E-state index is -3.99. The van der Waals surface area contributed by atoms with E-state index in [1.54, 1.807) is 73.8 Å². The van der Waals surface area contributed by atoms with Crippen LogP contribution < -0.4 is 19.2 Å². The van der Waals surface area contributed by atoms with Crippen LogP contribution in [0.25, 0.3) is 0 Å². The fraction of sp³-hybridized carbons (Fsp3) is 0.167. The summed E-state index contributed by atoms with van der Waals surface area (Å²) in [4.78, 5) is 12.7. The van der Waals surface area contributed by atoms with E-state index >= 15 is 0 Å². The van der Waals surface area contributed by atoms with Crippen LogP contribution in [0.5, 0.6) is 11.5 Å². The number of carbonyl (C=O) groups excluding carboxylic acids is 1. The molecule has 1 N–H and O–H groups in total. The molecular weight excluding hydrogens is 442 g/mol. The van der Waals surface area contributed by atoms with Crippen LogP contribution in [-0.2, 0) is 14.8 Å². The van der Waals surface area contributed by atoms with Crippen LogP contribution >= 0.6 is 0 Å². The van der Waals surface area contributed by atoms with Crippen LogP contribution in [0.1, 0.15) is 12.5 Å². The fourth-order valence-electron chi connectivity index (χ4n) is 2.94. The summed E-state index contributed by atoms with van der Waals surface area (Å²) < 4.78 is 38.2. The van der Waals surface area contributed by atoms with E-state index in [1.807, 2.05) is 6.92 Å². The molecule has 0 aliphatic carbocycles. The molecule has 3 aromatic carbocycles. The van der Waals surface area contributed by atoms with Gasteiger partial charge in [0.25, 0.3) is 15.9 Å². The molecule has 0 bridgehead atoms. The third kappa shape index (κ3) is 6.33. The van der Waals surface area contributed by atoms with Crippen LogP contribution in [0.4, 0.5) is 5.69 Å². The lowest BCUT2D eigenvalue weighted by atomic mass is 10.2. The molecule has 3 rings (SSSR count). The molecular formula is C24H25N3O5S. The molecule has 0 unspecified atom stereocenters. The van der Waals surface area contributed by atoms with Gasteiger partial charge in [-0.1, -0.05) is 18.2 Å². The molecule has 0 radical (unpaired) electrons. The molecule has 0 saturated carbocycles. The topological polar surface area (TPSA) is 97.3 Å². The molecule has 0 heterocycles. The van der Waals surface area contributed by atoms with Gasteiger partial charge in [0.05, 0.1) is 30.5 Å². The Morgan fingerprint density at radius 3 is 2.21 bits per heavy atom.